The molecule has 0 saturated carbocycles. The first kappa shape index (κ1) is 19.1. The molecule has 1 aliphatic heterocycles. The fourth-order valence-electron chi connectivity index (χ4n) is 2.74. The van der Waals surface area contributed by atoms with Crippen molar-refractivity contribution in [1.82, 2.24) is 4.72 Å². The van der Waals surface area contributed by atoms with Crippen molar-refractivity contribution >= 4 is 21.6 Å². The highest BCUT2D eigenvalue weighted by molar-refractivity contribution is 7.90. The molecule has 144 valence electrons. The van der Waals surface area contributed by atoms with Crippen LogP contribution >= 0.6 is 0 Å². The Labute approximate surface area is 156 Å². The van der Waals surface area contributed by atoms with E-state index >= 15 is 0 Å². The molecule has 27 heavy (non-hydrogen) atoms. The Morgan fingerprint density at radius 1 is 1.15 bits per heavy atom. The highest BCUT2D eigenvalue weighted by atomic mass is 32.2. The van der Waals surface area contributed by atoms with Crippen molar-refractivity contribution in [2.45, 2.75) is 4.90 Å². The molecule has 0 radical (unpaired) electrons. The fourth-order valence-corrected chi connectivity index (χ4v) is 3.71. The van der Waals surface area contributed by atoms with Crippen LogP contribution < -0.4 is 14.4 Å². The number of hydrogen-bond donors (Lipinski definition) is 1. The third-order valence-electron chi connectivity index (χ3n) is 4.14. The quantitative estimate of drug-likeness (QED) is 0.832. The molecule has 1 saturated heterocycles. The Bertz CT molecular complexity index is 925. The summed E-state index contributed by atoms with van der Waals surface area (Å²) in [6, 6.07) is 8.91. The second kappa shape index (κ2) is 7.93. The van der Waals surface area contributed by atoms with Gasteiger partial charge in [-0.05, 0) is 42.5 Å². The van der Waals surface area contributed by atoms with Crippen LogP contribution in [0, 0.1) is 5.82 Å². The van der Waals surface area contributed by atoms with Gasteiger partial charge in [-0.3, -0.25) is 4.79 Å². The molecule has 0 atom stereocenters. The predicted molar refractivity (Wildman–Crippen MR) is 97.1 cm³/mol. The number of carbonyl (C=O) groups is 1. The molecular formula is C18H19FN2O5S. The number of halogens is 1. The lowest BCUT2D eigenvalue weighted by molar-refractivity contribution is 0.0981. The maximum absolute atomic E-state index is 13.0. The fraction of sp³-hybridized carbons (Fsp3) is 0.278. The van der Waals surface area contributed by atoms with Gasteiger partial charge in [0.1, 0.15) is 11.6 Å². The van der Waals surface area contributed by atoms with Gasteiger partial charge in [0.05, 0.1) is 30.9 Å². The lowest BCUT2D eigenvalue weighted by Gasteiger charge is -2.30. The summed E-state index contributed by atoms with van der Waals surface area (Å²) < 4.78 is 50.3. The second-order valence-corrected chi connectivity index (χ2v) is 7.56. The van der Waals surface area contributed by atoms with E-state index in [1.54, 1.807) is 12.1 Å². The van der Waals surface area contributed by atoms with E-state index in [0.717, 1.165) is 24.3 Å². The molecule has 0 aromatic heterocycles. The Hall–Kier alpha value is -2.65. The van der Waals surface area contributed by atoms with Crippen molar-refractivity contribution in [3.63, 3.8) is 0 Å². The first-order valence-corrected chi connectivity index (χ1v) is 9.72. The number of ether oxygens (including phenoxy) is 2. The smallest absolute Gasteiger partial charge is 0.265 e. The first-order valence-electron chi connectivity index (χ1n) is 8.24. The molecule has 3 rings (SSSR count). The van der Waals surface area contributed by atoms with E-state index in [0.29, 0.717) is 37.7 Å². The third-order valence-corrected chi connectivity index (χ3v) is 5.49. The number of nitrogens with one attached hydrogen (secondary N) is 1. The topological polar surface area (TPSA) is 84.9 Å². The van der Waals surface area contributed by atoms with Crippen LogP contribution in [-0.4, -0.2) is 47.7 Å². The van der Waals surface area contributed by atoms with Crippen molar-refractivity contribution in [1.29, 1.82) is 0 Å². The van der Waals surface area contributed by atoms with E-state index in [9.17, 15) is 17.6 Å². The van der Waals surface area contributed by atoms with Crippen molar-refractivity contribution in [3.8, 4) is 5.75 Å². The van der Waals surface area contributed by atoms with Gasteiger partial charge in [-0.2, -0.15) is 0 Å². The Morgan fingerprint density at radius 2 is 1.81 bits per heavy atom. The number of anilines is 1. The van der Waals surface area contributed by atoms with Crippen LogP contribution in [0.3, 0.4) is 0 Å². The minimum Gasteiger partial charge on any atom is -0.495 e. The van der Waals surface area contributed by atoms with Crippen LogP contribution in [-0.2, 0) is 14.8 Å². The van der Waals surface area contributed by atoms with Crippen molar-refractivity contribution < 1.29 is 27.1 Å². The average Bonchev–Trinajstić information content (AvgIpc) is 2.68. The summed E-state index contributed by atoms with van der Waals surface area (Å²) in [5.74, 6) is -0.767. The summed E-state index contributed by atoms with van der Waals surface area (Å²) in [4.78, 5) is 14.3. The molecule has 1 N–H and O–H groups in total. The molecule has 0 aliphatic carbocycles. The number of methoxy groups -OCH3 is 1. The number of nitrogens with zero attached hydrogens (tertiary/aromatic N) is 1. The monoisotopic (exact) mass is 394 g/mol. The van der Waals surface area contributed by atoms with Gasteiger partial charge in [-0.15, -0.1) is 0 Å². The summed E-state index contributed by atoms with van der Waals surface area (Å²) in [6.07, 6.45) is 0. The van der Waals surface area contributed by atoms with Crippen LogP contribution in [0.4, 0.5) is 10.1 Å². The summed E-state index contributed by atoms with van der Waals surface area (Å²) >= 11 is 0. The molecule has 2 aromatic carbocycles. The Balaban J connectivity index is 1.85. The number of sulfonamides is 1. The molecule has 1 heterocycles. The standard InChI is InChI=1S/C18H19FN2O5S/c1-25-17-7-2-13(12-16(17)21-8-10-26-11-9-21)18(22)20-27(23,24)15-5-3-14(19)4-6-15/h2-7,12H,8-11H2,1H3,(H,20,22). The van der Waals surface area contributed by atoms with Crippen LogP contribution in [0.25, 0.3) is 0 Å². The minimum atomic E-state index is -4.11. The summed E-state index contributed by atoms with van der Waals surface area (Å²) in [5, 5.41) is 0. The van der Waals surface area contributed by atoms with E-state index in [1.165, 1.54) is 13.2 Å². The van der Waals surface area contributed by atoms with Crippen molar-refractivity contribution in [2.24, 2.45) is 0 Å². The number of benzene rings is 2. The first-order chi connectivity index (χ1) is 12.9. The SMILES string of the molecule is COc1ccc(C(=O)NS(=O)(=O)c2ccc(F)cc2)cc1N1CCOCC1. The molecule has 2 aromatic rings. The lowest BCUT2D eigenvalue weighted by atomic mass is 10.1. The molecule has 0 spiro atoms. The Kier molecular flexibility index (Phi) is 5.62. The van der Waals surface area contributed by atoms with Crippen LogP contribution in [0.15, 0.2) is 47.4 Å². The van der Waals surface area contributed by atoms with Gasteiger partial charge in [0.25, 0.3) is 15.9 Å². The largest absolute Gasteiger partial charge is 0.495 e. The van der Waals surface area contributed by atoms with E-state index in [1.807, 2.05) is 9.62 Å². The van der Waals surface area contributed by atoms with Gasteiger partial charge in [-0.1, -0.05) is 0 Å². The summed E-state index contributed by atoms with van der Waals surface area (Å²) in [7, 11) is -2.58. The second-order valence-electron chi connectivity index (χ2n) is 5.87. The van der Waals surface area contributed by atoms with E-state index in [4.69, 9.17) is 9.47 Å². The molecular weight excluding hydrogens is 375 g/mol. The highest BCUT2D eigenvalue weighted by Crippen LogP contribution is 2.30. The van der Waals surface area contributed by atoms with E-state index in [2.05, 4.69) is 0 Å². The normalized spacial score (nSPS) is 14.7. The predicted octanol–water partition coefficient (Wildman–Crippen LogP) is 1.79. The van der Waals surface area contributed by atoms with Gasteiger partial charge in [-0.25, -0.2) is 17.5 Å². The zero-order valence-corrected chi connectivity index (χ0v) is 15.5. The summed E-state index contributed by atoms with van der Waals surface area (Å²) in [5.41, 5.74) is 0.857. The molecule has 7 nitrogen and oxygen atoms in total. The van der Waals surface area contributed by atoms with Crippen LogP contribution in [0.2, 0.25) is 0 Å². The van der Waals surface area contributed by atoms with Crippen molar-refractivity contribution in [2.75, 3.05) is 38.3 Å². The Morgan fingerprint density at radius 3 is 2.44 bits per heavy atom. The van der Waals surface area contributed by atoms with E-state index < -0.39 is 21.7 Å². The molecule has 1 amide bonds. The molecule has 1 fully saturated rings. The van der Waals surface area contributed by atoms with Gasteiger partial charge < -0.3 is 14.4 Å². The molecule has 9 heteroatoms. The molecule has 0 unspecified atom stereocenters. The van der Waals surface area contributed by atoms with Crippen molar-refractivity contribution in [3.05, 3.63) is 53.8 Å². The van der Waals surface area contributed by atoms with Gasteiger partial charge in [0.15, 0.2) is 0 Å². The third kappa shape index (κ3) is 4.37. The maximum atomic E-state index is 13.0. The minimum absolute atomic E-state index is 0.169. The van der Waals surface area contributed by atoms with Gasteiger partial charge >= 0.3 is 0 Å². The lowest BCUT2D eigenvalue weighted by Crippen LogP contribution is -2.36. The molecule has 1 aliphatic rings. The zero-order valence-electron chi connectivity index (χ0n) is 14.6. The zero-order chi connectivity index (χ0) is 19.4. The van der Waals surface area contributed by atoms with Crippen LogP contribution in [0.5, 0.6) is 5.75 Å². The van der Waals surface area contributed by atoms with Crippen LogP contribution in [0.1, 0.15) is 10.4 Å². The maximum Gasteiger partial charge on any atom is 0.265 e. The van der Waals surface area contributed by atoms with E-state index in [-0.39, 0.29) is 10.5 Å². The number of rotatable bonds is 5. The van der Waals surface area contributed by atoms with Gasteiger partial charge in [0, 0.05) is 18.7 Å². The number of hydrogen-bond acceptors (Lipinski definition) is 6. The van der Waals surface area contributed by atoms with Gasteiger partial charge in [0.2, 0.25) is 0 Å². The number of amides is 1. The highest BCUT2D eigenvalue weighted by Gasteiger charge is 2.22. The average molecular weight is 394 g/mol. The molecule has 0 bridgehead atoms. The number of morpholine rings is 1. The number of carbonyl (C=O) groups excluding carboxylic acids is 1. The summed E-state index contributed by atoms with van der Waals surface area (Å²) in [6.45, 7) is 2.38.